The molecule has 1 N–H and O–H groups in total. The molecule has 3 rings (SSSR count). The Hall–Kier alpha value is -2.84. The fourth-order valence-electron chi connectivity index (χ4n) is 2.80. The standard InChI is InChI=1S/C16H15F3N4O2/c1-3-11-12(14(24)25-2)13(23-15(22-11)20-8-21-23)9-4-6-10(7-5-9)16(17,18)19/h4-8,13H,3H2,1-2H3,(H,20,21,22). The summed E-state index contributed by atoms with van der Waals surface area (Å²) in [6.07, 6.45) is -2.62. The van der Waals surface area contributed by atoms with Crippen molar-refractivity contribution in [2.75, 3.05) is 12.4 Å². The van der Waals surface area contributed by atoms with Crippen molar-refractivity contribution in [1.29, 1.82) is 0 Å². The van der Waals surface area contributed by atoms with Crippen LogP contribution in [0.25, 0.3) is 0 Å². The molecular weight excluding hydrogens is 337 g/mol. The number of halogens is 3. The molecule has 2 aromatic rings. The highest BCUT2D eigenvalue weighted by Gasteiger charge is 2.36. The summed E-state index contributed by atoms with van der Waals surface area (Å²) in [7, 11) is 1.25. The molecule has 1 aliphatic rings. The Morgan fingerprint density at radius 3 is 2.56 bits per heavy atom. The summed E-state index contributed by atoms with van der Waals surface area (Å²) >= 11 is 0. The van der Waals surface area contributed by atoms with Gasteiger partial charge >= 0.3 is 12.1 Å². The third kappa shape index (κ3) is 2.97. The predicted molar refractivity (Wildman–Crippen MR) is 82.6 cm³/mol. The monoisotopic (exact) mass is 352 g/mol. The Kier molecular flexibility index (Phi) is 4.23. The molecule has 0 fully saturated rings. The van der Waals surface area contributed by atoms with Gasteiger partial charge in [0.1, 0.15) is 12.4 Å². The van der Waals surface area contributed by atoms with Gasteiger partial charge in [0.05, 0.1) is 18.2 Å². The van der Waals surface area contributed by atoms with E-state index < -0.39 is 23.8 Å². The van der Waals surface area contributed by atoms with E-state index in [0.29, 0.717) is 29.2 Å². The number of aromatic nitrogens is 3. The van der Waals surface area contributed by atoms with E-state index in [0.717, 1.165) is 12.1 Å². The van der Waals surface area contributed by atoms with Crippen LogP contribution in [0, 0.1) is 0 Å². The van der Waals surface area contributed by atoms with E-state index in [-0.39, 0.29) is 0 Å². The van der Waals surface area contributed by atoms with Crippen molar-refractivity contribution < 1.29 is 22.7 Å². The maximum atomic E-state index is 12.8. The number of ether oxygens (including phenoxy) is 1. The molecule has 1 aromatic heterocycles. The number of fused-ring (bicyclic) bond motifs is 1. The number of methoxy groups -OCH3 is 1. The molecule has 1 unspecified atom stereocenters. The predicted octanol–water partition coefficient (Wildman–Crippen LogP) is 3.15. The number of rotatable bonds is 3. The molecule has 6 nitrogen and oxygen atoms in total. The summed E-state index contributed by atoms with van der Waals surface area (Å²) in [5.74, 6) is -0.162. The van der Waals surface area contributed by atoms with Crippen LogP contribution in [-0.2, 0) is 15.7 Å². The summed E-state index contributed by atoms with van der Waals surface area (Å²) in [4.78, 5) is 16.4. The van der Waals surface area contributed by atoms with Gasteiger partial charge in [-0.25, -0.2) is 9.48 Å². The molecule has 0 radical (unpaired) electrons. The second-order valence-electron chi connectivity index (χ2n) is 5.41. The number of esters is 1. The van der Waals surface area contributed by atoms with E-state index in [4.69, 9.17) is 4.74 Å². The number of carbonyl (C=O) groups is 1. The van der Waals surface area contributed by atoms with Gasteiger partial charge in [0.2, 0.25) is 5.95 Å². The van der Waals surface area contributed by atoms with Crippen LogP contribution in [0.2, 0.25) is 0 Å². The molecule has 0 saturated heterocycles. The second kappa shape index (κ2) is 6.23. The topological polar surface area (TPSA) is 69.0 Å². The van der Waals surface area contributed by atoms with E-state index >= 15 is 0 Å². The summed E-state index contributed by atoms with van der Waals surface area (Å²) in [5.41, 5.74) is 0.607. The van der Waals surface area contributed by atoms with E-state index in [1.807, 2.05) is 6.92 Å². The normalized spacial score (nSPS) is 17.1. The third-order valence-electron chi connectivity index (χ3n) is 3.99. The number of nitrogens with zero attached hydrogens (tertiary/aromatic N) is 3. The van der Waals surface area contributed by atoms with Crippen molar-refractivity contribution in [3.63, 3.8) is 0 Å². The summed E-state index contributed by atoms with van der Waals surface area (Å²) in [6, 6.07) is 3.91. The fraction of sp³-hybridized carbons (Fsp3) is 0.312. The lowest BCUT2D eigenvalue weighted by Gasteiger charge is -2.29. The lowest BCUT2D eigenvalue weighted by atomic mass is 9.94. The Labute approximate surface area is 141 Å². The first-order valence-corrected chi connectivity index (χ1v) is 7.51. The van der Waals surface area contributed by atoms with Crippen LogP contribution in [0.15, 0.2) is 41.9 Å². The average Bonchev–Trinajstić information content (AvgIpc) is 3.06. The van der Waals surface area contributed by atoms with Gasteiger partial charge < -0.3 is 10.1 Å². The molecule has 25 heavy (non-hydrogen) atoms. The molecule has 0 amide bonds. The van der Waals surface area contributed by atoms with Crippen LogP contribution >= 0.6 is 0 Å². The highest BCUT2D eigenvalue weighted by atomic mass is 19.4. The van der Waals surface area contributed by atoms with E-state index in [1.54, 1.807) is 0 Å². The first-order valence-electron chi connectivity index (χ1n) is 7.51. The number of alkyl halides is 3. The molecule has 1 aromatic carbocycles. The van der Waals surface area contributed by atoms with Crippen LogP contribution < -0.4 is 5.32 Å². The average molecular weight is 352 g/mol. The maximum absolute atomic E-state index is 12.8. The van der Waals surface area contributed by atoms with Crippen LogP contribution in [0.5, 0.6) is 0 Å². The Bertz CT molecular complexity index is 825. The largest absolute Gasteiger partial charge is 0.466 e. The summed E-state index contributed by atoms with van der Waals surface area (Å²) in [5, 5.41) is 7.12. The van der Waals surface area contributed by atoms with Crippen molar-refractivity contribution in [1.82, 2.24) is 14.8 Å². The molecule has 0 spiro atoms. The van der Waals surface area contributed by atoms with Crippen LogP contribution in [0.4, 0.5) is 19.1 Å². The van der Waals surface area contributed by atoms with Crippen molar-refractivity contribution in [2.24, 2.45) is 0 Å². The minimum atomic E-state index is -4.43. The number of allylic oxidation sites excluding steroid dienone is 1. The molecule has 1 aliphatic heterocycles. The highest BCUT2D eigenvalue weighted by molar-refractivity contribution is 5.92. The first kappa shape index (κ1) is 17.0. The minimum Gasteiger partial charge on any atom is -0.466 e. The Morgan fingerprint density at radius 2 is 2.00 bits per heavy atom. The van der Waals surface area contributed by atoms with Crippen molar-refractivity contribution in [2.45, 2.75) is 25.6 Å². The molecule has 132 valence electrons. The van der Waals surface area contributed by atoms with Crippen LogP contribution in [0.3, 0.4) is 0 Å². The number of hydrogen-bond donors (Lipinski definition) is 1. The van der Waals surface area contributed by atoms with Gasteiger partial charge in [-0.1, -0.05) is 19.1 Å². The SMILES string of the molecule is CCC1=C(C(=O)OC)C(c2ccc(C(F)(F)F)cc2)n2ncnc2N1. The van der Waals surface area contributed by atoms with Crippen molar-refractivity contribution >= 4 is 11.9 Å². The Morgan fingerprint density at radius 1 is 1.32 bits per heavy atom. The van der Waals surface area contributed by atoms with Gasteiger partial charge in [0.15, 0.2) is 0 Å². The number of benzene rings is 1. The number of carbonyl (C=O) groups excluding carboxylic acids is 1. The fourth-order valence-corrected chi connectivity index (χ4v) is 2.80. The molecule has 0 saturated carbocycles. The van der Waals surface area contributed by atoms with Gasteiger partial charge in [-0.05, 0) is 24.1 Å². The van der Waals surface area contributed by atoms with Gasteiger partial charge in [-0.2, -0.15) is 23.3 Å². The molecular formula is C16H15F3N4O2. The number of nitrogens with one attached hydrogen (secondary N) is 1. The highest BCUT2D eigenvalue weighted by Crippen LogP contribution is 2.37. The Balaban J connectivity index is 2.13. The van der Waals surface area contributed by atoms with Gasteiger partial charge in [-0.15, -0.1) is 0 Å². The molecule has 2 heterocycles. The number of anilines is 1. The third-order valence-corrected chi connectivity index (χ3v) is 3.99. The van der Waals surface area contributed by atoms with Crippen molar-refractivity contribution in [3.05, 3.63) is 53.0 Å². The smallest absolute Gasteiger partial charge is 0.416 e. The molecule has 9 heteroatoms. The van der Waals surface area contributed by atoms with E-state index in [1.165, 1.54) is 30.3 Å². The van der Waals surface area contributed by atoms with Gasteiger partial charge in [-0.3, -0.25) is 0 Å². The van der Waals surface area contributed by atoms with Gasteiger partial charge in [0.25, 0.3) is 0 Å². The summed E-state index contributed by atoms with van der Waals surface area (Å²) < 4.78 is 44.7. The molecule has 1 atom stereocenters. The first-order chi connectivity index (χ1) is 11.9. The van der Waals surface area contributed by atoms with Gasteiger partial charge in [0, 0.05) is 5.70 Å². The van der Waals surface area contributed by atoms with Crippen LogP contribution in [0.1, 0.15) is 30.5 Å². The summed E-state index contributed by atoms with van der Waals surface area (Å²) in [6.45, 7) is 1.85. The minimum absolute atomic E-state index is 0.294. The zero-order valence-corrected chi connectivity index (χ0v) is 13.5. The van der Waals surface area contributed by atoms with E-state index in [2.05, 4.69) is 15.4 Å². The second-order valence-corrected chi connectivity index (χ2v) is 5.41. The lowest BCUT2D eigenvalue weighted by molar-refractivity contribution is -0.138. The lowest BCUT2D eigenvalue weighted by Crippen LogP contribution is -2.30. The zero-order chi connectivity index (χ0) is 18.2. The quantitative estimate of drug-likeness (QED) is 0.860. The molecule has 0 bridgehead atoms. The van der Waals surface area contributed by atoms with Crippen molar-refractivity contribution in [3.8, 4) is 0 Å². The van der Waals surface area contributed by atoms with Crippen LogP contribution in [-0.4, -0.2) is 27.8 Å². The zero-order valence-electron chi connectivity index (χ0n) is 13.5. The number of hydrogen-bond acceptors (Lipinski definition) is 5. The molecule has 0 aliphatic carbocycles. The maximum Gasteiger partial charge on any atom is 0.416 e. The van der Waals surface area contributed by atoms with E-state index in [9.17, 15) is 18.0 Å².